The fraction of sp³-hybridized carbons (Fsp3) is 0.200. The molecule has 2 aliphatic heterocycles. The monoisotopic (exact) mass is 379 g/mol. The van der Waals surface area contributed by atoms with Gasteiger partial charge in [-0.05, 0) is 43.7 Å². The number of hydrogen-bond acceptors (Lipinski definition) is 4. The third kappa shape index (κ3) is 2.61. The molecule has 0 radical (unpaired) electrons. The molecule has 28 heavy (non-hydrogen) atoms. The number of carbonyl (C=O) groups excluding carboxylic acids is 3. The molecule has 8 heteroatoms. The Morgan fingerprint density at radius 3 is 2.43 bits per heavy atom. The van der Waals surface area contributed by atoms with Crippen molar-refractivity contribution in [1.82, 2.24) is 4.98 Å². The van der Waals surface area contributed by atoms with Crippen LogP contribution in [-0.2, 0) is 14.4 Å². The van der Waals surface area contributed by atoms with Gasteiger partial charge in [0.25, 0.3) is 5.91 Å². The number of aromatic nitrogens is 1. The number of nitrogens with zero attached hydrogens (tertiary/aromatic N) is 1. The minimum atomic E-state index is -1.04. The molecule has 2 aromatic rings. The first-order valence-electron chi connectivity index (χ1n) is 8.73. The summed E-state index contributed by atoms with van der Waals surface area (Å²) in [6.07, 6.45) is 1.94. The van der Waals surface area contributed by atoms with Crippen molar-refractivity contribution < 1.29 is 24.3 Å². The number of imide groups is 1. The predicted molar refractivity (Wildman–Crippen MR) is 102 cm³/mol. The van der Waals surface area contributed by atoms with Gasteiger partial charge in [0.1, 0.15) is 0 Å². The molecule has 1 aromatic heterocycles. The zero-order valence-corrected chi connectivity index (χ0v) is 15.3. The van der Waals surface area contributed by atoms with Gasteiger partial charge in [0, 0.05) is 35.5 Å². The van der Waals surface area contributed by atoms with Gasteiger partial charge >= 0.3 is 5.97 Å². The fourth-order valence-electron chi connectivity index (χ4n) is 3.71. The van der Waals surface area contributed by atoms with E-state index in [1.807, 2.05) is 0 Å². The Hall–Kier alpha value is -3.68. The van der Waals surface area contributed by atoms with Crippen molar-refractivity contribution in [3.8, 4) is 0 Å². The Labute approximate surface area is 159 Å². The van der Waals surface area contributed by atoms with Gasteiger partial charge in [-0.3, -0.25) is 19.3 Å². The summed E-state index contributed by atoms with van der Waals surface area (Å²) in [6, 6.07) is 4.90. The average Bonchev–Trinajstić information content (AvgIpc) is 3.22. The van der Waals surface area contributed by atoms with Gasteiger partial charge in [-0.25, -0.2) is 4.79 Å². The minimum Gasteiger partial charge on any atom is -0.478 e. The Morgan fingerprint density at radius 2 is 1.82 bits per heavy atom. The second kappa shape index (κ2) is 6.19. The van der Waals surface area contributed by atoms with E-state index in [1.165, 1.54) is 0 Å². The number of carboxylic acids is 1. The number of carboxylic acid groups (broad SMARTS) is 1. The zero-order chi connectivity index (χ0) is 20.2. The van der Waals surface area contributed by atoms with Gasteiger partial charge in [0.05, 0.1) is 16.8 Å². The van der Waals surface area contributed by atoms with E-state index in [9.17, 15) is 24.3 Å². The second-order valence-corrected chi connectivity index (χ2v) is 6.83. The van der Waals surface area contributed by atoms with Crippen LogP contribution in [-0.4, -0.2) is 33.8 Å². The molecule has 1 saturated heterocycles. The van der Waals surface area contributed by atoms with Gasteiger partial charge in [0.2, 0.25) is 11.8 Å². The van der Waals surface area contributed by atoms with E-state index in [0.717, 1.165) is 4.90 Å². The second-order valence-electron chi connectivity index (χ2n) is 6.83. The molecule has 0 atom stereocenters. The lowest BCUT2D eigenvalue weighted by molar-refractivity contribution is -0.121. The summed E-state index contributed by atoms with van der Waals surface area (Å²) >= 11 is 0. The van der Waals surface area contributed by atoms with E-state index in [-0.39, 0.29) is 36.1 Å². The van der Waals surface area contributed by atoms with Crippen LogP contribution in [0.4, 0.5) is 11.4 Å². The summed E-state index contributed by atoms with van der Waals surface area (Å²) in [5.41, 5.74) is 3.59. The SMILES string of the molecule is Cc1[nH]c(/C=C2\C(=O)Nc3ccc(N4C(=O)CCC4=O)cc32)c(C)c1C(=O)O. The van der Waals surface area contributed by atoms with E-state index in [4.69, 9.17) is 0 Å². The Morgan fingerprint density at radius 1 is 1.14 bits per heavy atom. The molecular weight excluding hydrogens is 362 g/mol. The number of H-pyrrole nitrogens is 1. The van der Waals surface area contributed by atoms with Crippen molar-refractivity contribution in [3.05, 3.63) is 46.3 Å². The first kappa shape index (κ1) is 17.7. The number of benzene rings is 1. The topological polar surface area (TPSA) is 120 Å². The lowest BCUT2D eigenvalue weighted by Crippen LogP contribution is -2.28. The van der Waals surface area contributed by atoms with E-state index in [1.54, 1.807) is 38.1 Å². The molecular formula is C20H17N3O5. The van der Waals surface area contributed by atoms with Crippen LogP contribution in [0, 0.1) is 13.8 Å². The first-order valence-corrected chi connectivity index (χ1v) is 8.73. The molecule has 8 nitrogen and oxygen atoms in total. The van der Waals surface area contributed by atoms with Crippen LogP contribution in [0.15, 0.2) is 18.2 Å². The summed E-state index contributed by atoms with van der Waals surface area (Å²) in [5, 5.41) is 12.1. The van der Waals surface area contributed by atoms with Crippen molar-refractivity contribution in [2.45, 2.75) is 26.7 Å². The van der Waals surface area contributed by atoms with Gasteiger partial charge in [-0.2, -0.15) is 0 Å². The summed E-state index contributed by atoms with van der Waals surface area (Å²) in [4.78, 5) is 52.1. The van der Waals surface area contributed by atoms with Crippen molar-refractivity contribution in [3.63, 3.8) is 0 Å². The third-order valence-electron chi connectivity index (χ3n) is 5.07. The van der Waals surface area contributed by atoms with Crippen LogP contribution in [0.5, 0.6) is 0 Å². The molecule has 3 amide bonds. The maximum Gasteiger partial charge on any atom is 0.337 e. The quantitative estimate of drug-likeness (QED) is 0.559. The lowest BCUT2D eigenvalue weighted by Gasteiger charge is -2.14. The largest absolute Gasteiger partial charge is 0.478 e. The highest BCUT2D eigenvalue weighted by Crippen LogP contribution is 2.37. The number of rotatable bonds is 3. The molecule has 3 N–H and O–H groups in total. The maximum atomic E-state index is 12.5. The number of anilines is 2. The number of aryl methyl sites for hydroxylation is 1. The Kier molecular flexibility index (Phi) is 3.92. The van der Waals surface area contributed by atoms with Crippen LogP contribution >= 0.6 is 0 Å². The van der Waals surface area contributed by atoms with Crippen LogP contribution in [0.3, 0.4) is 0 Å². The highest BCUT2D eigenvalue weighted by molar-refractivity contribution is 6.35. The Bertz CT molecular complexity index is 1090. The first-order chi connectivity index (χ1) is 13.3. The van der Waals surface area contributed by atoms with Gasteiger partial charge in [-0.1, -0.05) is 0 Å². The standard InChI is InChI=1S/C20H17N3O5/c1-9-15(21-10(2)18(9)20(27)28)8-13-12-7-11(3-4-14(12)22-19(13)26)23-16(24)5-6-17(23)25/h3-4,7-8,21H,5-6H2,1-2H3,(H,22,26)(H,27,28)/b13-8-. The summed E-state index contributed by atoms with van der Waals surface area (Å²) in [5.74, 6) is -1.92. The maximum absolute atomic E-state index is 12.5. The number of aromatic carboxylic acids is 1. The van der Waals surface area contributed by atoms with Crippen LogP contribution in [0.25, 0.3) is 11.6 Å². The normalized spacial score (nSPS) is 17.4. The number of nitrogens with one attached hydrogen (secondary N) is 2. The molecule has 1 fully saturated rings. The molecule has 3 heterocycles. The summed E-state index contributed by atoms with van der Waals surface area (Å²) in [6.45, 7) is 3.33. The van der Waals surface area contributed by atoms with E-state index >= 15 is 0 Å². The van der Waals surface area contributed by atoms with Crippen molar-refractivity contribution in [2.24, 2.45) is 0 Å². The molecule has 0 spiro atoms. The third-order valence-corrected chi connectivity index (χ3v) is 5.07. The van der Waals surface area contributed by atoms with Crippen LogP contribution in [0.1, 0.15) is 45.7 Å². The molecule has 142 valence electrons. The van der Waals surface area contributed by atoms with Crippen LogP contribution in [0.2, 0.25) is 0 Å². The fourth-order valence-corrected chi connectivity index (χ4v) is 3.71. The predicted octanol–water partition coefficient (Wildman–Crippen LogP) is 2.48. The minimum absolute atomic E-state index is 0.174. The molecule has 0 aliphatic carbocycles. The van der Waals surface area contributed by atoms with E-state index < -0.39 is 5.97 Å². The highest BCUT2D eigenvalue weighted by atomic mass is 16.4. The van der Waals surface area contributed by atoms with Gasteiger partial charge < -0.3 is 15.4 Å². The molecule has 2 aliphatic rings. The molecule has 0 unspecified atom stereocenters. The highest BCUT2D eigenvalue weighted by Gasteiger charge is 2.32. The van der Waals surface area contributed by atoms with E-state index in [2.05, 4.69) is 10.3 Å². The van der Waals surface area contributed by atoms with Crippen molar-refractivity contribution in [2.75, 3.05) is 10.2 Å². The summed E-state index contributed by atoms with van der Waals surface area (Å²) < 4.78 is 0. The van der Waals surface area contributed by atoms with Crippen molar-refractivity contribution >= 4 is 46.7 Å². The molecule has 1 aromatic carbocycles. The van der Waals surface area contributed by atoms with Gasteiger partial charge in [-0.15, -0.1) is 0 Å². The number of hydrogen-bond donors (Lipinski definition) is 3. The van der Waals surface area contributed by atoms with Crippen molar-refractivity contribution in [1.29, 1.82) is 0 Å². The molecule has 4 rings (SSSR count). The summed E-state index contributed by atoms with van der Waals surface area (Å²) in [7, 11) is 0. The number of aromatic amines is 1. The lowest BCUT2D eigenvalue weighted by atomic mass is 10.0. The number of carbonyl (C=O) groups is 4. The van der Waals surface area contributed by atoms with Crippen LogP contribution < -0.4 is 10.2 Å². The molecule has 0 bridgehead atoms. The smallest absolute Gasteiger partial charge is 0.337 e. The average molecular weight is 379 g/mol. The van der Waals surface area contributed by atoms with E-state index in [0.29, 0.717) is 39.5 Å². The number of amides is 3. The van der Waals surface area contributed by atoms with Gasteiger partial charge in [0.15, 0.2) is 0 Å². The zero-order valence-electron chi connectivity index (χ0n) is 15.3. The Balaban J connectivity index is 1.81. The molecule has 0 saturated carbocycles. The number of fused-ring (bicyclic) bond motifs is 1.